The van der Waals surface area contributed by atoms with E-state index in [1.54, 1.807) is 18.9 Å². The number of carbonyl (C=O) groups is 1. The number of methoxy groups -OCH3 is 1. The summed E-state index contributed by atoms with van der Waals surface area (Å²) in [5.41, 5.74) is 4.09. The Morgan fingerprint density at radius 2 is 1.93 bits per heavy atom. The van der Waals surface area contributed by atoms with Crippen LogP contribution in [0.15, 0.2) is 48.5 Å². The van der Waals surface area contributed by atoms with E-state index in [0.717, 1.165) is 23.2 Å². The zero-order chi connectivity index (χ0) is 21.1. The molecule has 0 bridgehead atoms. The lowest BCUT2D eigenvalue weighted by molar-refractivity contribution is -0.115. The molecule has 0 fully saturated rings. The van der Waals surface area contributed by atoms with Crippen LogP contribution in [0.1, 0.15) is 34.6 Å². The molecule has 2 atom stereocenters. The number of aromatic amines is 1. The first kappa shape index (κ1) is 20.3. The van der Waals surface area contributed by atoms with Crippen molar-refractivity contribution in [3.63, 3.8) is 0 Å². The first-order chi connectivity index (χ1) is 14.6. The summed E-state index contributed by atoms with van der Waals surface area (Å²) in [6.07, 6.45) is 0.794. The number of carbonyl (C=O) groups excluding carboxylic acids is 1. The second-order valence-corrected chi connectivity index (χ2v) is 8.67. The number of amides is 1. The molecule has 1 aliphatic heterocycles. The van der Waals surface area contributed by atoms with Crippen LogP contribution in [0.4, 0.5) is 5.82 Å². The molecule has 2 N–H and O–H groups in total. The van der Waals surface area contributed by atoms with Gasteiger partial charge in [-0.1, -0.05) is 42.5 Å². The molecule has 2 aromatic carbocycles. The number of nitrogens with zero attached hydrogens (tertiary/aromatic N) is 1. The Bertz CT molecular complexity index is 1040. The molecule has 0 saturated heterocycles. The Morgan fingerprint density at radius 3 is 2.70 bits per heavy atom. The van der Waals surface area contributed by atoms with Crippen LogP contribution in [0.3, 0.4) is 0 Å². The van der Waals surface area contributed by atoms with Crippen molar-refractivity contribution in [3.05, 3.63) is 70.9 Å². The lowest BCUT2D eigenvalue weighted by Crippen LogP contribution is -2.21. The first-order valence-electron chi connectivity index (χ1n) is 9.93. The third-order valence-corrected chi connectivity index (χ3v) is 6.58. The number of aryl methyl sites for hydroxylation is 1. The number of hydrogen-bond acceptors (Lipinski definition) is 5. The molecular formula is C23H25N3O3S. The second kappa shape index (κ2) is 8.83. The van der Waals surface area contributed by atoms with Crippen molar-refractivity contribution in [2.24, 2.45) is 0 Å². The molecule has 0 spiro atoms. The van der Waals surface area contributed by atoms with Gasteiger partial charge in [-0.2, -0.15) is 5.10 Å². The van der Waals surface area contributed by atoms with Gasteiger partial charge in [0.05, 0.1) is 24.2 Å². The zero-order valence-electron chi connectivity index (χ0n) is 17.3. The Kier molecular flexibility index (Phi) is 5.99. The van der Waals surface area contributed by atoms with E-state index >= 15 is 0 Å². The number of benzene rings is 2. The molecule has 0 saturated carbocycles. The topological polar surface area (TPSA) is 76.2 Å². The molecule has 2 unspecified atom stereocenters. The average molecular weight is 424 g/mol. The second-order valence-electron chi connectivity index (χ2n) is 7.22. The quantitative estimate of drug-likeness (QED) is 0.610. The highest BCUT2D eigenvalue weighted by molar-refractivity contribution is 8.01. The van der Waals surface area contributed by atoms with E-state index in [1.807, 2.05) is 50.2 Å². The van der Waals surface area contributed by atoms with Crippen LogP contribution in [-0.2, 0) is 11.2 Å². The highest BCUT2D eigenvalue weighted by atomic mass is 32.2. The molecule has 7 heteroatoms. The summed E-state index contributed by atoms with van der Waals surface area (Å²) in [4.78, 5) is 12.5. The summed E-state index contributed by atoms with van der Waals surface area (Å²) in [5.74, 6) is 1.92. The molecular weight excluding hydrogens is 398 g/mol. The van der Waals surface area contributed by atoms with Gasteiger partial charge in [0.25, 0.3) is 0 Å². The number of thioether (sulfide) groups is 1. The maximum atomic E-state index is 12.5. The molecule has 0 aliphatic carbocycles. The van der Waals surface area contributed by atoms with Gasteiger partial charge in [0.2, 0.25) is 5.91 Å². The minimum atomic E-state index is -0.230. The summed E-state index contributed by atoms with van der Waals surface area (Å²) in [6, 6.07) is 16.1. The van der Waals surface area contributed by atoms with E-state index in [2.05, 4.69) is 27.6 Å². The van der Waals surface area contributed by atoms with Crippen molar-refractivity contribution in [2.75, 3.05) is 19.0 Å². The lowest BCUT2D eigenvalue weighted by atomic mass is 10.0. The predicted molar refractivity (Wildman–Crippen MR) is 119 cm³/mol. The maximum absolute atomic E-state index is 12.5. The number of rotatable bonds is 6. The molecule has 2 heterocycles. The maximum Gasteiger partial charge on any atom is 0.238 e. The van der Waals surface area contributed by atoms with Crippen molar-refractivity contribution in [1.82, 2.24) is 10.2 Å². The van der Waals surface area contributed by atoms with Crippen LogP contribution < -0.4 is 14.8 Å². The molecule has 156 valence electrons. The van der Waals surface area contributed by atoms with Crippen molar-refractivity contribution in [3.8, 4) is 11.5 Å². The van der Waals surface area contributed by atoms with Gasteiger partial charge in [0.15, 0.2) is 17.3 Å². The molecule has 3 aromatic rings. The fourth-order valence-electron chi connectivity index (χ4n) is 3.61. The summed E-state index contributed by atoms with van der Waals surface area (Å²) in [6.45, 7) is 4.41. The molecule has 1 aromatic heterocycles. The Morgan fingerprint density at radius 1 is 1.13 bits per heavy atom. The monoisotopic (exact) mass is 423 g/mol. The zero-order valence-corrected chi connectivity index (χ0v) is 18.1. The molecule has 30 heavy (non-hydrogen) atoms. The molecule has 1 amide bonds. The standard InChI is InChI=1S/C23H25N3O3S/c1-14-19-21(30-15(2)23(27)24-22(19)26-25-14)17-10-7-11-18(28-3)20(17)29-13-12-16-8-5-4-6-9-16/h4-11,15,21H,12-13H2,1-3H3,(H2,24,25,26,27). The van der Waals surface area contributed by atoms with Gasteiger partial charge in [-0.3, -0.25) is 9.89 Å². The Hall–Kier alpha value is -2.93. The van der Waals surface area contributed by atoms with Crippen molar-refractivity contribution >= 4 is 23.5 Å². The van der Waals surface area contributed by atoms with E-state index in [4.69, 9.17) is 9.47 Å². The van der Waals surface area contributed by atoms with E-state index in [1.165, 1.54) is 5.56 Å². The number of fused-ring (bicyclic) bond motifs is 1. The predicted octanol–water partition coefficient (Wildman–Crippen LogP) is 4.51. The molecule has 4 rings (SSSR count). The number of aromatic nitrogens is 2. The third kappa shape index (κ3) is 4.03. The highest BCUT2D eigenvalue weighted by Crippen LogP contribution is 2.49. The smallest absolute Gasteiger partial charge is 0.238 e. The summed E-state index contributed by atoms with van der Waals surface area (Å²) in [5, 5.41) is 9.90. The SMILES string of the molecule is COc1cccc(C2SC(C)C(=O)Nc3n[nH]c(C)c32)c1OCCc1ccccc1. The van der Waals surface area contributed by atoms with Gasteiger partial charge < -0.3 is 14.8 Å². The van der Waals surface area contributed by atoms with E-state index in [9.17, 15) is 4.79 Å². The van der Waals surface area contributed by atoms with E-state index in [-0.39, 0.29) is 16.4 Å². The van der Waals surface area contributed by atoms with Gasteiger partial charge in [-0.15, -0.1) is 11.8 Å². The van der Waals surface area contributed by atoms with Gasteiger partial charge >= 0.3 is 0 Å². The largest absolute Gasteiger partial charge is 0.493 e. The van der Waals surface area contributed by atoms with Gasteiger partial charge in [0, 0.05) is 23.2 Å². The minimum Gasteiger partial charge on any atom is -0.493 e. The summed E-state index contributed by atoms with van der Waals surface area (Å²) < 4.78 is 11.9. The molecule has 0 radical (unpaired) electrons. The fraction of sp³-hybridized carbons (Fsp3) is 0.304. The highest BCUT2D eigenvalue weighted by Gasteiger charge is 2.34. The Labute approximate surface area is 180 Å². The number of ether oxygens (including phenoxy) is 2. The average Bonchev–Trinajstić information content (AvgIpc) is 3.06. The molecule has 1 aliphatic rings. The van der Waals surface area contributed by atoms with E-state index < -0.39 is 0 Å². The number of hydrogen-bond donors (Lipinski definition) is 2. The van der Waals surface area contributed by atoms with Crippen molar-refractivity contribution in [2.45, 2.75) is 30.8 Å². The van der Waals surface area contributed by atoms with Gasteiger partial charge in [-0.25, -0.2) is 0 Å². The minimum absolute atomic E-state index is 0.0512. The summed E-state index contributed by atoms with van der Waals surface area (Å²) in [7, 11) is 1.64. The summed E-state index contributed by atoms with van der Waals surface area (Å²) >= 11 is 1.59. The number of H-pyrrole nitrogens is 1. The number of nitrogens with one attached hydrogen (secondary N) is 2. The van der Waals surface area contributed by atoms with Gasteiger partial charge in [0.1, 0.15) is 0 Å². The van der Waals surface area contributed by atoms with Crippen molar-refractivity contribution < 1.29 is 14.3 Å². The number of anilines is 1. The normalized spacial score (nSPS) is 18.3. The van der Waals surface area contributed by atoms with Crippen molar-refractivity contribution in [1.29, 1.82) is 0 Å². The van der Waals surface area contributed by atoms with Crippen LogP contribution in [0.5, 0.6) is 11.5 Å². The fourth-order valence-corrected chi connectivity index (χ4v) is 4.95. The van der Waals surface area contributed by atoms with Crippen LogP contribution in [0.2, 0.25) is 0 Å². The van der Waals surface area contributed by atoms with Crippen LogP contribution in [0.25, 0.3) is 0 Å². The molecule has 6 nitrogen and oxygen atoms in total. The third-order valence-electron chi connectivity index (χ3n) is 5.20. The van der Waals surface area contributed by atoms with Crippen LogP contribution >= 0.6 is 11.8 Å². The van der Waals surface area contributed by atoms with Gasteiger partial charge in [-0.05, 0) is 25.5 Å². The Balaban J connectivity index is 1.69. The lowest BCUT2D eigenvalue weighted by Gasteiger charge is -2.22. The van der Waals surface area contributed by atoms with Crippen LogP contribution in [0, 0.1) is 6.92 Å². The van der Waals surface area contributed by atoms with Crippen LogP contribution in [-0.4, -0.2) is 35.1 Å². The first-order valence-corrected chi connectivity index (χ1v) is 10.9. The number of para-hydroxylation sites is 1. The van der Waals surface area contributed by atoms with E-state index in [0.29, 0.717) is 23.9 Å².